The van der Waals surface area contributed by atoms with Crippen LogP contribution < -0.4 is 10.2 Å². The third kappa shape index (κ3) is 5.75. The van der Waals surface area contributed by atoms with Crippen LogP contribution in [0.2, 0.25) is 0 Å². The summed E-state index contributed by atoms with van der Waals surface area (Å²) in [6.07, 6.45) is 0.372. The van der Waals surface area contributed by atoms with Crippen LogP contribution in [0, 0.1) is 12.8 Å². The Morgan fingerprint density at radius 2 is 2.30 bits per heavy atom. The van der Waals surface area contributed by atoms with Gasteiger partial charge in [0.1, 0.15) is 0 Å². The second kappa shape index (κ2) is 8.61. The van der Waals surface area contributed by atoms with Crippen molar-refractivity contribution < 1.29 is 9.53 Å². The summed E-state index contributed by atoms with van der Waals surface area (Å²) in [6.45, 7) is 10.9. The predicted molar refractivity (Wildman–Crippen MR) is 92.0 cm³/mol. The summed E-state index contributed by atoms with van der Waals surface area (Å²) in [5.74, 6) is 0.600. The number of morpholine rings is 1. The minimum Gasteiger partial charge on any atom is -0.374 e. The number of hydrogen-bond donors (Lipinski definition) is 1. The van der Waals surface area contributed by atoms with Gasteiger partial charge in [0.05, 0.1) is 12.7 Å². The van der Waals surface area contributed by atoms with Crippen molar-refractivity contribution in [2.45, 2.75) is 39.8 Å². The van der Waals surface area contributed by atoms with E-state index in [4.69, 9.17) is 4.74 Å². The lowest BCUT2D eigenvalue weighted by Crippen LogP contribution is -2.48. The molecule has 1 amide bonds. The van der Waals surface area contributed by atoms with E-state index in [1.807, 2.05) is 12.3 Å². The highest BCUT2D eigenvalue weighted by Crippen LogP contribution is 2.07. The molecular formula is C16H27N3O3S. The van der Waals surface area contributed by atoms with E-state index in [0.29, 0.717) is 25.4 Å². The predicted octanol–water partition coefficient (Wildman–Crippen LogP) is 1.08. The fourth-order valence-corrected chi connectivity index (χ4v) is 3.55. The van der Waals surface area contributed by atoms with Crippen LogP contribution in [0.15, 0.2) is 10.2 Å². The van der Waals surface area contributed by atoms with Crippen molar-refractivity contribution >= 4 is 17.2 Å². The van der Waals surface area contributed by atoms with Crippen LogP contribution in [0.3, 0.4) is 0 Å². The molecule has 1 saturated heterocycles. The summed E-state index contributed by atoms with van der Waals surface area (Å²) in [6, 6.07) is 0. The molecule has 1 unspecified atom stereocenters. The van der Waals surface area contributed by atoms with Crippen molar-refractivity contribution in [3.05, 3.63) is 20.7 Å². The summed E-state index contributed by atoms with van der Waals surface area (Å²) in [5, 5.41) is 4.74. The second-order valence-corrected chi connectivity index (χ2v) is 7.32. The zero-order chi connectivity index (χ0) is 16.8. The molecule has 7 heteroatoms. The van der Waals surface area contributed by atoms with Gasteiger partial charge in [-0.15, -0.1) is 0 Å². The van der Waals surface area contributed by atoms with Gasteiger partial charge < -0.3 is 14.6 Å². The minimum atomic E-state index is -0.0351. The average molecular weight is 341 g/mol. The van der Waals surface area contributed by atoms with Gasteiger partial charge in [-0.2, -0.15) is 0 Å². The van der Waals surface area contributed by atoms with E-state index in [-0.39, 0.29) is 16.9 Å². The van der Waals surface area contributed by atoms with Crippen molar-refractivity contribution in [3.63, 3.8) is 0 Å². The van der Waals surface area contributed by atoms with E-state index in [1.54, 1.807) is 4.57 Å². The fourth-order valence-electron chi connectivity index (χ4n) is 2.79. The number of hydrogen-bond acceptors (Lipinski definition) is 5. The lowest BCUT2D eigenvalue weighted by molar-refractivity contribution is -0.122. The third-order valence-corrected chi connectivity index (χ3v) is 4.79. The van der Waals surface area contributed by atoms with Crippen LogP contribution in [-0.4, -0.2) is 54.3 Å². The maximum Gasteiger partial charge on any atom is 0.307 e. The van der Waals surface area contributed by atoms with Crippen LogP contribution >= 0.6 is 11.3 Å². The summed E-state index contributed by atoms with van der Waals surface area (Å²) in [5.41, 5.74) is 0.910. The summed E-state index contributed by atoms with van der Waals surface area (Å²) < 4.78 is 7.36. The van der Waals surface area contributed by atoms with E-state index >= 15 is 0 Å². The molecule has 130 valence electrons. The highest BCUT2D eigenvalue weighted by Gasteiger charge is 2.21. The largest absolute Gasteiger partial charge is 0.374 e. The van der Waals surface area contributed by atoms with Crippen molar-refractivity contribution in [2.75, 3.05) is 32.8 Å². The van der Waals surface area contributed by atoms with Crippen molar-refractivity contribution in [3.8, 4) is 0 Å². The Hall–Kier alpha value is -1.18. The molecular weight excluding hydrogens is 314 g/mol. The zero-order valence-corrected chi connectivity index (χ0v) is 15.0. The quantitative estimate of drug-likeness (QED) is 0.806. The number of carbonyl (C=O) groups is 1. The SMILES string of the molecule is Cc1csc(=O)n1CCC(=O)NCC1CN(CC(C)C)CCO1. The Kier molecular flexibility index (Phi) is 6.80. The normalized spacial score (nSPS) is 19.2. The number of nitrogens with one attached hydrogen (secondary N) is 1. The first kappa shape index (κ1) is 18.2. The molecule has 6 nitrogen and oxygen atoms in total. The number of carbonyl (C=O) groups excluding carboxylic acids is 1. The fraction of sp³-hybridized carbons (Fsp3) is 0.750. The van der Waals surface area contributed by atoms with E-state index in [2.05, 4.69) is 24.1 Å². The summed E-state index contributed by atoms with van der Waals surface area (Å²) in [4.78, 5) is 26.0. The Labute approximate surface area is 141 Å². The number of amides is 1. The number of aromatic nitrogens is 1. The van der Waals surface area contributed by atoms with Gasteiger partial charge in [-0.25, -0.2) is 0 Å². The second-order valence-electron chi connectivity index (χ2n) is 6.49. The molecule has 1 aliphatic heterocycles. The van der Waals surface area contributed by atoms with Gasteiger partial charge in [0.25, 0.3) is 0 Å². The summed E-state index contributed by atoms with van der Waals surface area (Å²) >= 11 is 1.17. The molecule has 2 heterocycles. The van der Waals surface area contributed by atoms with Crippen molar-refractivity contribution in [1.82, 2.24) is 14.8 Å². The summed E-state index contributed by atoms with van der Waals surface area (Å²) in [7, 11) is 0. The van der Waals surface area contributed by atoms with E-state index in [1.165, 1.54) is 11.3 Å². The van der Waals surface area contributed by atoms with E-state index in [9.17, 15) is 9.59 Å². The number of ether oxygens (including phenoxy) is 1. The molecule has 0 saturated carbocycles. The molecule has 0 spiro atoms. The minimum absolute atomic E-state index is 0.00441. The van der Waals surface area contributed by atoms with E-state index < -0.39 is 0 Å². The lowest BCUT2D eigenvalue weighted by atomic mass is 10.2. The first-order valence-corrected chi connectivity index (χ1v) is 9.09. The van der Waals surface area contributed by atoms with Gasteiger partial charge in [0.2, 0.25) is 5.91 Å². The molecule has 23 heavy (non-hydrogen) atoms. The van der Waals surface area contributed by atoms with Crippen LogP contribution in [0.1, 0.15) is 26.0 Å². The highest BCUT2D eigenvalue weighted by atomic mass is 32.1. The third-order valence-electron chi connectivity index (χ3n) is 3.91. The monoisotopic (exact) mass is 341 g/mol. The van der Waals surface area contributed by atoms with Crippen LogP contribution in [0.5, 0.6) is 0 Å². The molecule has 0 bridgehead atoms. The van der Waals surface area contributed by atoms with E-state index in [0.717, 1.165) is 31.9 Å². The number of aryl methyl sites for hydroxylation is 1. The molecule has 1 aliphatic rings. The molecule has 0 aliphatic carbocycles. The molecule has 1 aromatic heterocycles. The smallest absolute Gasteiger partial charge is 0.307 e. The molecule has 1 atom stereocenters. The molecule has 1 aromatic rings. The van der Waals surface area contributed by atoms with Crippen LogP contribution in [0.25, 0.3) is 0 Å². The van der Waals surface area contributed by atoms with Gasteiger partial charge in [-0.05, 0) is 12.8 Å². The standard InChI is InChI=1S/C16H27N3O3S/c1-12(2)9-18-6-7-22-14(10-18)8-17-15(20)4-5-19-13(3)11-23-16(19)21/h11-12,14H,4-10H2,1-3H3,(H,17,20). The van der Waals surface area contributed by atoms with Gasteiger partial charge in [0, 0.05) is 50.2 Å². The molecule has 0 radical (unpaired) electrons. The molecule has 0 aromatic carbocycles. The zero-order valence-electron chi connectivity index (χ0n) is 14.2. The maximum atomic E-state index is 12.0. The number of thiazole rings is 1. The Balaban J connectivity index is 1.71. The van der Waals surface area contributed by atoms with Gasteiger partial charge in [-0.3, -0.25) is 14.5 Å². The molecule has 2 rings (SSSR count). The average Bonchev–Trinajstić information content (AvgIpc) is 2.81. The Morgan fingerprint density at radius 3 is 2.96 bits per heavy atom. The van der Waals surface area contributed by atoms with Gasteiger partial charge in [0.15, 0.2) is 0 Å². The molecule has 1 N–H and O–H groups in total. The first-order chi connectivity index (χ1) is 11.0. The maximum absolute atomic E-state index is 12.0. The number of nitrogens with zero attached hydrogens (tertiary/aromatic N) is 2. The Bertz CT molecular complexity index is 567. The van der Waals surface area contributed by atoms with Crippen molar-refractivity contribution in [1.29, 1.82) is 0 Å². The van der Waals surface area contributed by atoms with Crippen LogP contribution in [-0.2, 0) is 16.1 Å². The van der Waals surface area contributed by atoms with Crippen molar-refractivity contribution in [2.24, 2.45) is 5.92 Å². The Morgan fingerprint density at radius 1 is 1.52 bits per heavy atom. The van der Waals surface area contributed by atoms with Gasteiger partial charge in [-0.1, -0.05) is 25.2 Å². The lowest BCUT2D eigenvalue weighted by Gasteiger charge is -2.33. The number of rotatable bonds is 7. The first-order valence-electron chi connectivity index (χ1n) is 8.21. The van der Waals surface area contributed by atoms with Gasteiger partial charge >= 0.3 is 4.87 Å². The highest BCUT2D eigenvalue weighted by molar-refractivity contribution is 7.07. The van der Waals surface area contributed by atoms with Crippen LogP contribution in [0.4, 0.5) is 0 Å². The topological polar surface area (TPSA) is 63.6 Å². The molecule has 1 fully saturated rings.